The fourth-order valence-corrected chi connectivity index (χ4v) is 2.35. The van der Waals surface area contributed by atoms with E-state index in [-0.39, 0.29) is 24.9 Å². The number of hydrogen-bond acceptors (Lipinski definition) is 6. The Morgan fingerprint density at radius 1 is 0.857 bits per heavy atom. The van der Waals surface area contributed by atoms with Gasteiger partial charge >= 0.3 is 0 Å². The average Bonchev–Trinajstić information content (AvgIpc) is 2.35. The van der Waals surface area contributed by atoms with Gasteiger partial charge in [0.05, 0.1) is 24.9 Å². The SMILES string of the molecule is CC(C)OC1OC(CO)C(O)C(OC(C)C)C1OC(C)C. The molecule has 0 amide bonds. The van der Waals surface area contributed by atoms with Crippen LogP contribution in [0.3, 0.4) is 0 Å². The van der Waals surface area contributed by atoms with Crippen LogP contribution in [0.25, 0.3) is 0 Å². The molecule has 1 heterocycles. The van der Waals surface area contributed by atoms with Crippen molar-refractivity contribution < 1.29 is 29.2 Å². The van der Waals surface area contributed by atoms with Crippen LogP contribution in [0.4, 0.5) is 0 Å². The number of rotatable bonds is 7. The molecule has 1 aliphatic rings. The van der Waals surface area contributed by atoms with E-state index in [1.165, 1.54) is 0 Å². The van der Waals surface area contributed by atoms with Gasteiger partial charge in [-0.05, 0) is 41.5 Å². The van der Waals surface area contributed by atoms with Gasteiger partial charge in [0.2, 0.25) is 0 Å². The largest absolute Gasteiger partial charge is 0.394 e. The zero-order valence-electron chi connectivity index (χ0n) is 13.9. The highest BCUT2D eigenvalue weighted by molar-refractivity contribution is 4.92. The molecule has 5 atom stereocenters. The highest BCUT2D eigenvalue weighted by atomic mass is 16.7. The lowest BCUT2D eigenvalue weighted by Gasteiger charge is -2.45. The Kier molecular flexibility index (Phi) is 7.53. The van der Waals surface area contributed by atoms with Crippen LogP contribution in [0.1, 0.15) is 41.5 Å². The maximum Gasteiger partial charge on any atom is 0.187 e. The fraction of sp³-hybridized carbons (Fsp3) is 1.00. The van der Waals surface area contributed by atoms with Crippen LogP contribution in [0, 0.1) is 0 Å². The molecule has 5 unspecified atom stereocenters. The molecule has 0 aromatic rings. The average molecular weight is 306 g/mol. The van der Waals surface area contributed by atoms with E-state index in [4.69, 9.17) is 18.9 Å². The predicted octanol–water partition coefficient (Wildman–Crippen LogP) is 1.08. The third-order valence-electron chi connectivity index (χ3n) is 3.06. The van der Waals surface area contributed by atoms with Crippen molar-refractivity contribution in [1.29, 1.82) is 0 Å². The molecule has 0 bridgehead atoms. The monoisotopic (exact) mass is 306 g/mol. The zero-order valence-corrected chi connectivity index (χ0v) is 13.9. The molecule has 0 saturated carbocycles. The smallest absolute Gasteiger partial charge is 0.187 e. The maximum absolute atomic E-state index is 10.4. The lowest BCUT2D eigenvalue weighted by atomic mass is 9.98. The van der Waals surface area contributed by atoms with Crippen molar-refractivity contribution in [1.82, 2.24) is 0 Å². The van der Waals surface area contributed by atoms with Gasteiger partial charge in [0, 0.05) is 0 Å². The summed E-state index contributed by atoms with van der Waals surface area (Å²) in [6.07, 6.45) is -3.76. The van der Waals surface area contributed by atoms with Crippen LogP contribution in [-0.4, -0.2) is 65.8 Å². The minimum absolute atomic E-state index is 0.0620. The van der Waals surface area contributed by atoms with Gasteiger partial charge in [0.15, 0.2) is 6.29 Å². The Bertz CT molecular complexity index is 294. The molecule has 126 valence electrons. The minimum Gasteiger partial charge on any atom is -0.394 e. The van der Waals surface area contributed by atoms with E-state index in [0.29, 0.717) is 0 Å². The van der Waals surface area contributed by atoms with Gasteiger partial charge < -0.3 is 29.2 Å². The molecule has 0 aromatic carbocycles. The molecule has 0 aromatic heterocycles. The topological polar surface area (TPSA) is 77.4 Å². The molecule has 6 nitrogen and oxygen atoms in total. The Morgan fingerprint density at radius 2 is 1.33 bits per heavy atom. The molecule has 0 aliphatic carbocycles. The Morgan fingerprint density at radius 3 is 1.76 bits per heavy atom. The minimum atomic E-state index is -0.965. The summed E-state index contributed by atoms with van der Waals surface area (Å²) in [5, 5.41) is 19.8. The zero-order chi connectivity index (χ0) is 16.2. The molecule has 1 aliphatic heterocycles. The van der Waals surface area contributed by atoms with E-state index >= 15 is 0 Å². The van der Waals surface area contributed by atoms with Crippen molar-refractivity contribution in [3.8, 4) is 0 Å². The van der Waals surface area contributed by atoms with Crippen LogP contribution in [0.15, 0.2) is 0 Å². The van der Waals surface area contributed by atoms with E-state index in [2.05, 4.69) is 0 Å². The van der Waals surface area contributed by atoms with Crippen LogP contribution < -0.4 is 0 Å². The van der Waals surface area contributed by atoms with Crippen LogP contribution in [-0.2, 0) is 18.9 Å². The summed E-state index contributed by atoms with van der Waals surface area (Å²) < 4.78 is 23.1. The standard InChI is InChI=1S/C15H30O6/c1-8(2)18-13-12(17)11(7-16)21-15(20-10(5)6)14(13)19-9(3)4/h8-17H,7H2,1-6H3. The van der Waals surface area contributed by atoms with Gasteiger partial charge in [-0.2, -0.15) is 0 Å². The first kappa shape index (κ1) is 18.8. The van der Waals surface area contributed by atoms with Gasteiger partial charge in [-0.15, -0.1) is 0 Å². The second-order valence-corrected chi connectivity index (χ2v) is 6.20. The highest BCUT2D eigenvalue weighted by Crippen LogP contribution is 2.29. The van der Waals surface area contributed by atoms with Gasteiger partial charge in [-0.25, -0.2) is 0 Å². The molecular formula is C15H30O6. The Balaban J connectivity index is 2.97. The first-order chi connectivity index (χ1) is 9.76. The van der Waals surface area contributed by atoms with E-state index in [1.54, 1.807) is 0 Å². The second kappa shape index (κ2) is 8.41. The summed E-state index contributed by atoms with van der Waals surface area (Å²) >= 11 is 0. The van der Waals surface area contributed by atoms with Crippen LogP contribution >= 0.6 is 0 Å². The summed E-state index contributed by atoms with van der Waals surface area (Å²) in [6.45, 7) is 11.1. The first-order valence-electron chi connectivity index (χ1n) is 7.67. The van der Waals surface area contributed by atoms with Crippen LogP contribution in [0.5, 0.6) is 0 Å². The third-order valence-corrected chi connectivity index (χ3v) is 3.06. The molecule has 0 radical (unpaired) electrons. The molecular weight excluding hydrogens is 276 g/mol. The van der Waals surface area contributed by atoms with Gasteiger partial charge in [-0.3, -0.25) is 0 Å². The number of hydrogen-bond donors (Lipinski definition) is 2. The van der Waals surface area contributed by atoms with Gasteiger partial charge in [0.1, 0.15) is 24.4 Å². The van der Waals surface area contributed by atoms with E-state index in [1.807, 2.05) is 41.5 Å². The molecule has 2 N–H and O–H groups in total. The van der Waals surface area contributed by atoms with Crippen molar-refractivity contribution in [3.05, 3.63) is 0 Å². The number of aliphatic hydroxyl groups is 2. The summed E-state index contributed by atoms with van der Waals surface area (Å²) in [6, 6.07) is 0. The van der Waals surface area contributed by atoms with E-state index in [9.17, 15) is 10.2 Å². The lowest BCUT2D eigenvalue weighted by molar-refractivity contribution is -0.330. The van der Waals surface area contributed by atoms with Crippen molar-refractivity contribution in [2.45, 2.75) is 90.6 Å². The summed E-state index contributed by atoms with van der Waals surface area (Å²) in [7, 11) is 0. The molecule has 1 rings (SSSR count). The summed E-state index contributed by atoms with van der Waals surface area (Å²) in [5.74, 6) is 0. The molecule has 1 saturated heterocycles. The van der Waals surface area contributed by atoms with Gasteiger partial charge in [-0.1, -0.05) is 0 Å². The van der Waals surface area contributed by atoms with Crippen molar-refractivity contribution in [3.63, 3.8) is 0 Å². The van der Waals surface area contributed by atoms with E-state index < -0.39 is 30.7 Å². The molecule has 0 spiro atoms. The summed E-state index contributed by atoms with van der Waals surface area (Å²) in [4.78, 5) is 0. The second-order valence-electron chi connectivity index (χ2n) is 6.20. The van der Waals surface area contributed by atoms with Crippen molar-refractivity contribution in [2.75, 3.05) is 6.61 Å². The Hall–Kier alpha value is -0.240. The highest BCUT2D eigenvalue weighted by Gasteiger charge is 2.48. The fourth-order valence-electron chi connectivity index (χ4n) is 2.35. The number of aliphatic hydroxyl groups excluding tert-OH is 2. The number of ether oxygens (including phenoxy) is 4. The first-order valence-corrected chi connectivity index (χ1v) is 7.67. The van der Waals surface area contributed by atoms with E-state index in [0.717, 1.165) is 0 Å². The third kappa shape index (κ3) is 5.47. The lowest BCUT2D eigenvalue weighted by Crippen LogP contribution is -2.62. The molecule has 6 heteroatoms. The van der Waals surface area contributed by atoms with Crippen LogP contribution in [0.2, 0.25) is 0 Å². The van der Waals surface area contributed by atoms with Gasteiger partial charge in [0.25, 0.3) is 0 Å². The molecule has 1 fully saturated rings. The normalized spacial score (nSPS) is 34.1. The summed E-state index contributed by atoms with van der Waals surface area (Å²) in [5.41, 5.74) is 0. The Labute approximate surface area is 127 Å². The molecule has 21 heavy (non-hydrogen) atoms. The quantitative estimate of drug-likeness (QED) is 0.733. The predicted molar refractivity (Wildman–Crippen MR) is 78.0 cm³/mol. The van der Waals surface area contributed by atoms with Crippen molar-refractivity contribution in [2.24, 2.45) is 0 Å². The van der Waals surface area contributed by atoms with Crippen molar-refractivity contribution >= 4 is 0 Å². The maximum atomic E-state index is 10.4.